The summed E-state index contributed by atoms with van der Waals surface area (Å²) in [7, 11) is 0. The van der Waals surface area contributed by atoms with E-state index in [1.165, 1.54) is 4.90 Å². The highest BCUT2D eigenvalue weighted by Crippen LogP contribution is 2.11. The zero-order valence-corrected chi connectivity index (χ0v) is 16.1. The molecule has 0 fully saturated rings. The second-order valence-electron chi connectivity index (χ2n) is 6.48. The number of rotatable bonds is 7. The van der Waals surface area contributed by atoms with Gasteiger partial charge < -0.3 is 15.2 Å². The van der Waals surface area contributed by atoms with E-state index in [2.05, 4.69) is 24.1 Å². The van der Waals surface area contributed by atoms with Gasteiger partial charge in [0.05, 0.1) is 37.1 Å². The third-order valence-corrected chi connectivity index (χ3v) is 4.68. The predicted molar refractivity (Wildman–Crippen MR) is 103 cm³/mol. The van der Waals surface area contributed by atoms with Crippen LogP contribution >= 0.6 is 12.2 Å². The van der Waals surface area contributed by atoms with Crippen LogP contribution in [0.3, 0.4) is 0 Å². The first-order valence-electron chi connectivity index (χ1n) is 8.78. The van der Waals surface area contributed by atoms with Gasteiger partial charge in [0, 0.05) is 11.6 Å². The Bertz CT molecular complexity index is 865. The Balaban J connectivity index is 2.38. The maximum absolute atomic E-state index is 12.8. The number of nitrogens with zero attached hydrogens (tertiary/aromatic N) is 1. The highest BCUT2D eigenvalue weighted by molar-refractivity contribution is 7.71. The predicted octanol–water partition coefficient (Wildman–Crippen LogP) is 1.12. The Morgan fingerprint density at radius 1 is 1.32 bits per heavy atom. The summed E-state index contributed by atoms with van der Waals surface area (Å²) in [5, 5.41) is 3.39. The number of aromatic amines is 1. The van der Waals surface area contributed by atoms with Gasteiger partial charge >= 0.3 is 0 Å². The molecule has 0 aliphatic heterocycles. The van der Waals surface area contributed by atoms with Crippen LogP contribution < -0.4 is 15.8 Å². The van der Waals surface area contributed by atoms with Crippen molar-refractivity contribution in [1.82, 2.24) is 14.9 Å². The number of carbonyl (C=O) groups is 1. The SMILES string of the molecule is CC[NH+](CC)CCn1c(=S)[nH]c2cc(C(=O)NC(C)C)ccc2c1=O. The standard InChI is InChI=1S/C18H26N4O2S/c1-5-21(6-2)9-10-22-17(24)14-8-7-13(16(23)19-12(3)4)11-15(14)20-18(22)25/h7-8,11-12H,5-6,9-10H2,1-4H3,(H,19,23)(H,20,25)/p+1. The van der Waals surface area contributed by atoms with Gasteiger partial charge in [0.25, 0.3) is 11.5 Å². The van der Waals surface area contributed by atoms with E-state index in [0.29, 0.717) is 27.8 Å². The van der Waals surface area contributed by atoms with E-state index in [9.17, 15) is 9.59 Å². The molecule has 7 heteroatoms. The van der Waals surface area contributed by atoms with E-state index in [-0.39, 0.29) is 17.5 Å². The van der Waals surface area contributed by atoms with Gasteiger partial charge in [0.15, 0.2) is 4.77 Å². The van der Waals surface area contributed by atoms with Crippen LogP contribution in [0.2, 0.25) is 0 Å². The van der Waals surface area contributed by atoms with Gasteiger partial charge in [-0.05, 0) is 58.1 Å². The molecule has 0 unspecified atom stereocenters. The van der Waals surface area contributed by atoms with Gasteiger partial charge in [-0.3, -0.25) is 14.2 Å². The fourth-order valence-electron chi connectivity index (χ4n) is 2.82. The second kappa shape index (κ2) is 8.40. The van der Waals surface area contributed by atoms with Crippen molar-refractivity contribution in [1.29, 1.82) is 0 Å². The molecule has 0 saturated heterocycles. The summed E-state index contributed by atoms with van der Waals surface area (Å²) in [6.45, 7) is 11.5. The largest absolute Gasteiger partial charge is 0.350 e. The van der Waals surface area contributed by atoms with Crippen LogP contribution in [0, 0.1) is 4.77 Å². The number of nitrogens with one attached hydrogen (secondary N) is 3. The average Bonchev–Trinajstić information content (AvgIpc) is 2.57. The van der Waals surface area contributed by atoms with Crippen molar-refractivity contribution in [3.63, 3.8) is 0 Å². The van der Waals surface area contributed by atoms with E-state index >= 15 is 0 Å². The first-order chi connectivity index (χ1) is 11.9. The smallest absolute Gasteiger partial charge is 0.262 e. The van der Waals surface area contributed by atoms with E-state index in [1.807, 2.05) is 13.8 Å². The van der Waals surface area contributed by atoms with Crippen LogP contribution in [-0.4, -0.2) is 41.1 Å². The van der Waals surface area contributed by atoms with E-state index in [0.717, 1.165) is 19.6 Å². The topological polar surface area (TPSA) is 71.3 Å². The number of quaternary nitrogens is 1. The summed E-state index contributed by atoms with van der Waals surface area (Å²) in [6.07, 6.45) is 0. The van der Waals surface area contributed by atoms with Gasteiger partial charge in [-0.15, -0.1) is 0 Å². The molecule has 6 nitrogen and oxygen atoms in total. The Morgan fingerprint density at radius 2 is 2.00 bits per heavy atom. The molecule has 1 aromatic heterocycles. The minimum atomic E-state index is -0.162. The maximum atomic E-state index is 12.8. The highest BCUT2D eigenvalue weighted by atomic mass is 32.1. The molecule has 0 radical (unpaired) electrons. The van der Waals surface area contributed by atoms with Crippen LogP contribution in [-0.2, 0) is 6.54 Å². The van der Waals surface area contributed by atoms with Crippen molar-refractivity contribution in [2.45, 2.75) is 40.3 Å². The van der Waals surface area contributed by atoms with Crippen LogP contribution in [0.4, 0.5) is 0 Å². The summed E-state index contributed by atoms with van der Waals surface area (Å²) in [5.41, 5.74) is 0.996. The molecule has 0 saturated carbocycles. The second-order valence-corrected chi connectivity index (χ2v) is 6.87. The molecule has 0 spiro atoms. The number of carbonyl (C=O) groups excluding carboxylic acids is 1. The minimum absolute atomic E-state index is 0.0530. The number of fused-ring (bicyclic) bond motifs is 1. The van der Waals surface area contributed by atoms with Crippen molar-refractivity contribution < 1.29 is 9.69 Å². The number of hydrogen-bond donors (Lipinski definition) is 3. The normalized spacial score (nSPS) is 11.4. The lowest BCUT2D eigenvalue weighted by Gasteiger charge is -2.16. The monoisotopic (exact) mass is 363 g/mol. The minimum Gasteiger partial charge on any atom is -0.350 e. The molecule has 2 aromatic rings. The molecule has 0 atom stereocenters. The average molecular weight is 364 g/mol. The Labute approximate surface area is 152 Å². The fraction of sp³-hybridized carbons (Fsp3) is 0.500. The summed E-state index contributed by atoms with van der Waals surface area (Å²) in [4.78, 5) is 29.4. The van der Waals surface area contributed by atoms with Gasteiger partial charge in [-0.2, -0.15) is 0 Å². The lowest BCUT2D eigenvalue weighted by atomic mass is 10.1. The first-order valence-corrected chi connectivity index (χ1v) is 9.19. The van der Waals surface area contributed by atoms with Crippen LogP contribution in [0.15, 0.2) is 23.0 Å². The van der Waals surface area contributed by atoms with Crippen LogP contribution in [0.1, 0.15) is 38.1 Å². The quantitative estimate of drug-likeness (QED) is 0.646. The van der Waals surface area contributed by atoms with Crippen molar-refractivity contribution >= 4 is 29.0 Å². The summed E-state index contributed by atoms with van der Waals surface area (Å²) >= 11 is 5.37. The lowest BCUT2D eigenvalue weighted by molar-refractivity contribution is -0.897. The number of amides is 1. The summed E-state index contributed by atoms with van der Waals surface area (Å²) < 4.78 is 2.00. The third-order valence-electron chi connectivity index (χ3n) is 4.35. The molecular weight excluding hydrogens is 336 g/mol. The molecule has 1 aromatic carbocycles. The zero-order valence-electron chi connectivity index (χ0n) is 15.3. The maximum Gasteiger partial charge on any atom is 0.262 e. The fourth-order valence-corrected chi connectivity index (χ4v) is 3.10. The van der Waals surface area contributed by atoms with Crippen molar-refractivity contribution in [3.8, 4) is 0 Å². The molecule has 0 aliphatic rings. The molecule has 0 bridgehead atoms. The molecule has 2 rings (SSSR count). The van der Waals surface area contributed by atoms with Crippen molar-refractivity contribution in [3.05, 3.63) is 38.9 Å². The number of H-pyrrole nitrogens is 1. The molecule has 3 N–H and O–H groups in total. The number of aromatic nitrogens is 2. The van der Waals surface area contributed by atoms with Gasteiger partial charge in [0.2, 0.25) is 0 Å². The Hall–Kier alpha value is -1.99. The molecule has 1 amide bonds. The Morgan fingerprint density at radius 3 is 2.60 bits per heavy atom. The van der Waals surface area contributed by atoms with Crippen molar-refractivity contribution in [2.24, 2.45) is 0 Å². The zero-order chi connectivity index (χ0) is 18.6. The number of hydrogen-bond acceptors (Lipinski definition) is 3. The van der Waals surface area contributed by atoms with Gasteiger partial charge in [-0.25, -0.2) is 0 Å². The number of benzene rings is 1. The van der Waals surface area contributed by atoms with Crippen molar-refractivity contribution in [2.75, 3.05) is 19.6 Å². The molecule has 25 heavy (non-hydrogen) atoms. The van der Waals surface area contributed by atoms with Crippen LogP contribution in [0.5, 0.6) is 0 Å². The van der Waals surface area contributed by atoms with Crippen LogP contribution in [0.25, 0.3) is 10.9 Å². The van der Waals surface area contributed by atoms with E-state index < -0.39 is 0 Å². The van der Waals surface area contributed by atoms with E-state index in [4.69, 9.17) is 12.2 Å². The third kappa shape index (κ3) is 4.55. The van der Waals surface area contributed by atoms with E-state index in [1.54, 1.807) is 22.8 Å². The highest BCUT2D eigenvalue weighted by Gasteiger charge is 2.12. The van der Waals surface area contributed by atoms with Gasteiger partial charge in [0.1, 0.15) is 0 Å². The molecule has 1 heterocycles. The number of likely N-dealkylation sites (N-methyl/N-ethyl adjacent to an activating group) is 1. The van der Waals surface area contributed by atoms with Gasteiger partial charge in [-0.1, -0.05) is 0 Å². The lowest BCUT2D eigenvalue weighted by Crippen LogP contribution is -3.11. The Kier molecular flexibility index (Phi) is 6.50. The molecule has 136 valence electrons. The molecule has 0 aliphatic carbocycles. The summed E-state index contributed by atoms with van der Waals surface area (Å²) in [6, 6.07) is 5.11. The summed E-state index contributed by atoms with van der Waals surface area (Å²) in [5.74, 6) is -0.162. The molecular formula is C18H27N4O2S+. The first kappa shape index (κ1) is 19.3.